The summed E-state index contributed by atoms with van der Waals surface area (Å²) >= 11 is 0. The molecule has 0 fully saturated rings. The van der Waals surface area contributed by atoms with E-state index in [-0.39, 0.29) is 5.69 Å². The number of hydrogen-bond donors (Lipinski definition) is 2. The minimum Gasteiger partial charge on any atom is -0.351 e. The number of pyridine rings is 1. The summed E-state index contributed by atoms with van der Waals surface area (Å²) in [6, 6.07) is 1.93. The molecule has 20 heavy (non-hydrogen) atoms. The molecule has 0 saturated carbocycles. The summed E-state index contributed by atoms with van der Waals surface area (Å²) in [6.07, 6.45) is -0.0508. The van der Waals surface area contributed by atoms with Gasteiger partial charge in [0.05, 0.1) is 5.56 Å². The highest BCUT2D eigenvalue weighted by molar-refractivity contribution is 5.92. The van der Waals surface area contributed by atoms with Gasteiger partial charge in [-0.25, -0.2) is 0 Å². The van der Waals surface area contributed by atoms with Crippen LogP contribution in [0.5, 0.6) is 0 Å². The minimum atomic E-state index is -4.44. The van der Waals surface area contributed by atoms with Gasteiger partial charge in [-0.05, 0) is 31.5 Å². The van der Waals surface area contributed by atoms with Gasteiger partial charge in [0.25, 0.3) is 5.91 Å². The summed E-state index contributed by atoms with van der Waals surface area (Å²) in [4.78, 5) is 15.1. The van der Waals surface area contributed by atoms with Crippen LogP contribution in [0.25, 0.3) is 0 Å². The van der Waals surface area contributed by atoms with Crippen molar-refractivity contribution < 1.29 is 18.0 Å². The maximum Gasteiger partial charge on any atom is 0.417 e. The van der Waals surface area contributed by atoms with Gasteiger partial charge in [-0.15, -0.1) is 0 Å². The summed E-state index contributed by atoms with van der Waals surface area (Å²) < 4.78 is 37.0. The molecule has 1 rings (SSSR count). The highest BCUT2D eigenvalue weighted by atomic mass is 19.4. The number of nitrogens with two attached hydrogens (primary N) is 1. The third-order valence-electron chi connectivity index (χ3n) is 2.74. The van der Waals surface area contributed by atoms with Gasteiger partial charge < -0.3 is 11.1 Å². The molecule has 1 amide bonds. The molecule has 0 aliphatic heterocycles. The van der Waals surface area contributed by atoms with Gasteiger partial charge in [-0.3, -0.25) is 9.78 Å². The Morgan fingerprint density at radius 1 is 1.20 bits per heavy atom. The standard InChI is InChI=1S/C13H18F3N3O/c14-13(15,16)10-5-6-11(19-9-10)12(20)18-8-4-2-1-3-7-17/h5-6,9H,1-4,7-8,17H2,(H,18,20). The van der Waals surface area contributed by atoms with Crippen molar-refractivity contribution >= 4 is 5.91 Å². The van der Waals surface area contributed by atoms with Crippen molar-refractivity contribution in [1.29, 1.82) is 0 Å². The topological polar surface area (TPSA) is 68.0 Å². The van der Waals surface area contributed by atoms with E-state index in [1.165, 1.54) is 0 Å². The van der Waals surface area contributed by atoms with E-state index < -0.39 is 17.6 Å². The minimum absolute atomic E-state index is 0.0139. The first-order chi connectivity index (χ1) is 9.45. The van der Waals surface area contributed by atoms with Gasteiger partial charge in [0.15, 0.2) is 0 Å². The number of nitrogens with one attached hydrogen (secondary N) is 1. The van der Waals surface area contributed by atoms with Gasteiger partial charge in [0.2, 0.25) is 0 Å². The molecule has 0 atom stereocenters. The number of halogens is 3. The Balaban J connectivity index is 2.37. The molecule has 1 aromatic rings. The second-order valence-electron chi connectivity index (χ2n) is 4.39. The lowest BCUT2D eigenvalue weighted by Crippen LogP contribution is -2.25. The van der Waals surface area contributed by atoms with Crippen molar-refractivity contribution in [2.24, 2.45) is 5.73 Å². The van der Waals surface area contributed by atoms with Crippen molar-refractivity contribution in [2.75, 3.05) is 13.1 Å². The molecular weight excluding hydrogens is 271 g/mol. The van der Waals surface area contributed by atoms with Crippen LogP contribution in [0.4, 0.5) is 13.2 Å². The molecule has 0 bridgehead atoms. The molecule has 112 valence electrons. The number of rotatable bonds is 7. The lowest BCUT2D eigenvalue weighted by atomic mass is 10.2. The Morgan fingerprint density at radius 2 is 1.90 bits per heavy atom. The van der Waals surface area contributed by atoms with Crippen LogP contribution in [-0.2, 0) is 6.18 Å². The quantitative estimate of drug-likeness (QED) is 0.757. The number of carbonyl (C=O) groups is 1. The first-order valence-electron chi connectivity index (χ1n) is 6.46. The predicted molar refractivity (Wildman–Crippen MR) is 69.1 cm³/mol. The maximum absolute atomic E-state index is 12.3. The van der Waals surface area contributed by atoms with E-state index in [9.17, 15) is 18.0 Å². The molecule has 0 saturated heterocycles. The monoisotopic (exact) mass is 289 g/mol. The second kappa shape index (κ2) is 7.84. The van der Waals surface area contributed by atoms with Gasteiger partial charge in [-0.2, -0.15) is 13.2 Å². The molecule has 7 heteroatoms. The average Bonchev–Trinajstić information content (AvgIpc) is 2.41. The predicted octanol–water partition coefficient (Wildman–Crippen LogP) is 2.35. The number of hydrogen-bond acceptors (Lipinski definition) is 3. The van der Waals surface area contributed by atoms with Crippen LogP contribution >= 0.6 is 0 Å². The highest BCUT2D eigenvalue weighted by Gasteiger charge is 2.30. The Labute approximate surface area is 115 Å². The van der Waals surface area contributed by atoms with Crippen LogP contribution in [0.15, 0.2) is 18.3 Å². The Bertz CT molecular complexity index is 418. The fourth-order valence-corrected chi connectivity index (χ4v) is 1.61. The van der Waals surface area contributed by atoms with E-state index in [1.807, 2.05) is 0 Å². The van der Waals surface area contributed by atoms with E-state index in [2.05, 4.69) is 10.3 Å². The zero-order valence-electron chi connectivity index (χ0n) is 11.0. The fraction of sp³-hybridized carbons (Fsp3) is 0.538. The number of aromatic nitrogens is 1. The molecular formula is C13H18F3N3O. The first kappa shape index (κ1) is 16.4. The number of carbonyl (C=O) groups excluding carboxylic acids is 1. The lowest BCUT2D eigenvalue weighted by molar-refractivity contribution is -0.137. The van der Waals surface area contributed by atoms with Gasteiger partial charge in [0.1, 0.15) is 5.69 Å². The van der Waals surface area contributed by atoms with Crippen molar-refractivity contribution in [2.45, 2.75) is 31.9 Å². The molecule has 0 aromatic carbocycles. The van der Waals surface area contributed by atoms with Crippen LogP contribution in [-0.4, -0.2) is 24.0 Å². The van der Waals surface area contributed by atoms with Crippen molar-refractivity contribution in [3.8, 4) is 0 Å². The first-order valence-corrected chi connectivity index (χ1v) is 6.46. The highest BCUT2D eigenvalue weighted by Crippen LogP contribution is 2.28. The Hall–Kier alpha value is -1.63. The second-order valence-corrected chi connectivity index (χ2v) is 4.39. The van der Waals surface area contributed by atoms with Gasteiger partial charge >= 0.3 is 6.18 Å². The molecule has 3 N–H and O–H groups in total. The van der Waals surface area contributed by atoms with Gasteiger partial charge in [-0.1, -0.05) is 12.8 Å². The number of nitrogens with zero attached hydrogens (tertiary/aromatic N) is 1. The maximum atomic E-state index is 12.3. The molecule has 4 nitrogen and oxygen atoms in total. The van der Waals surface area contributed by atoms with Crippen LogP contribution in [0, 0.1) is 0 Å². The van der Waals surface area contributed by atoms with E-state index >= 15 is 0 Å². The van der Waals surface area contributed by atoms with Crippen molar-refractivity contribution in [3.63, 3.8) is 0 Å². The van der Waals surface area contributed by atoms with Crippen molar-refractivity contribution in [1.82, 2.24) is 10.3 Å². The largest absolute Gasteiger partial charge is 0.417 e. The van der Waals surface area contributed by atoms with Crippen LogP contribution in [0.3, 0.4) is 0 Å². The summed E-state index contributed by atoms with van der Waals surface area (Å²) in [5.41, 5.74) is 4.47. The third-order valence-corrected chi connectivity index (χ3v) is 2.74. The molecule has 0 spiro atoms. The molecule has 0 aliphatic carbocycles. The van der Waals surface area contributed by atoms with Crippen LogP contribution in [0.1, 0.15) is 41.7 Å². The van der Waals surface area contributed by atoms with Crippen molar-refractivity contribution in [3.05, 3.63) is 29.6 Å². The molecule has 1 aromatic heterocycles. The Morgan fingerprint density at radius 3 is 2.45 bits per heavy atom. The van der Waals surface area contributed by atoms with Gasteiger partial charge in [0, 0.05) is 12.7 Å². The van der Waals surface area contributed by atoms with E-state index in [1.54, 1.807) is 0 Å². The number of alkyl halides is 3. The normalized spacial score (nSPS) is 11.4. The molecule has 0 aliphatic rings. The van der Waals surface area contributed by atoms with E-state index in [4.69, 9.17) is 5.73 Å². The summed E-state index contributed by atoms with van der Waals surface area (Å²) in [6.45, 7) is 1.13. The Kier molecular flexibility index (Phi) is 6.44. The summed E-state index contributed by atoms with van der Waals surface area (Å²) in [5, 5.41) is 2.62. The summed E-state index contributed by atoms with van der Waals surface area (Å²) in [7, 11) is 0. The smallest absolute Gasteiger partial charge is 0.351 e. The molecule has 1 heterocycles. The average molecular weight is 289 g/mol. The SMILES string of the molecule is NCCCCCCNC(=O)c1ccc(C(F)(F)F)cn1. The molecule has 0 radical (unpaired) electrons. The number of unbranched alkanes of at least 4 members (excludes halogenated alkanes) is 3. The van der Waals surface area contributed by atoms with Crippen LogP contribution in [0.2, 0.25) is 0 Å². The summed E-state index contributed by atoms with van der Waals surface area (Å²) in [5.74, 6) is -0.461. The zero-order valence-corrected chi connectivity index (χ0v) is 11.0. The lowest BCUT2D eigenvalue weighted by Gasteiger charge is -2.07. The third kappa shape index (κ3) is 5.56. The number of amides is 1. The van der Waals surface area contributed by atoms with E-state index in [0.717, 1.165) is 37.8 Å². The fourth-order valence-electron chi connectivity index (χ4n) is 1.61. The zero-order chi connectivity index (χ0) is 15.0. The van der Waals surface area contributed by atoms with Crippen LogP contribution < -0.4 is 11.1 Å². The molecule has 0 unspecified atom stereocenters. The van der Waals surface area contributed by atoms with E-state index in [0.29, 0.717) is 19.3 Å².